The van der Waals surface area contributed by atoms with Crippen molar-refractivity contribution in [1.29, 1.82) is 0 Å². The summed E-state index contributed by atoms with van der Waals surface area (Å²) in [7, 11) is 0. The Bertz CT molecular complexity index is 902. The Morgan fingerprint density at radius 3 is 2.33 bits per heavy atom. The molecule has 0 fully saturated rings. The second-order valence-corrected chi connectivity index (χ2v) is 7.08. The molecule has 3 rings (SSSR count). The molecule has 0 saturated heterocycles. The molecule has 0 spiro atoms. The van der Waals surface area contributed by atoms with E-state index in [1.54, 1.807) is 30.3 Å². The number of carboxylic acids is 2. The molecule has 2 N–H and O–H groups in total. The average Bonchev–Trinajstić information content (AvgIpc) is 3.17. The molecule has 0 bridgehead atoms. The lowest BCUT2D eigenvalue weighted by Crippen LogP contribution is -2.42. The number of carbonyl (C=O) groups is 3. The third-order valence-electron chi connectivity index (χ3n) is 5.17. The highest BCUT2D eigenvalue weighted by Crippen LogP contribution is 2.45. The standard InChI is InChI=1S/C20H20ClNO5/c1-2-3-9-13-14(21)17-20(18(24)25,19(26)27)10-11-22(17)15(13)16(23)12-7-5-4-6-8-12/h4-8H,2-3,9-11H2,1H3,(H,24,25)(H,26,27). The van der Waals surface area contributed by atoms with Gasteiger partial charge >= 0.3 is 11.9 Å². The summed E-state index contributed by atoms with van der Waals surface area (Å²) in [6.45, 7) is 2.11. The lowest BCUT2D eigenvalue weighted by molar-refractivity contribution is -0.157. The van der Waals surface area contributed by atoms with Gasteiger partial charge in [0.05, 0.1) is 16.4 Å². The highest BCUT2D eigenvalue weighted by atomic mass is 35.5. The number of carboxylic acid groups (broad SMARTS) is 2. The number of hydrogen-bond acceptors (Lipinski definition) is 3. The fourth-order valence-corrected chi connectivity index (χ4v) is 4.20. The highest BCUT2D eigenvalue weighted by Gasteiger charge is 2.56. The van der Waals surface area contributed by atoms with Crippen molar-refractivity contribution >= 4 is 29.3 Å². The first kappa shape index (κ1) is 19.2. The maximum atomic E-state index is 13.2. The molecule has 7 heteroatoms. The van der Waals surface area contributed by atoms with E-state index in [9.17, 15) is 24.6 Å². The van der Waals surface area contributed by atoms with E-state index < -0.39 is 17.4 Å². The van der Waals surface area contributed by atoms with Gasteiger partial charge in [0.2, 0.25) is 11.2 Å². The highest BCUT2D eigenvalue weighted by molar-refractivity contribution is 6.34. The van der Waals surface area contributed by atoms with Gasteiger partial charge in [0, 0.05) is 17.7 Å². The molecule has 6 nitrogen and oxygen atoms in total. The summed E-state index contributed by atoms with van der Waals surface area (Å²) in [5, 5.41) is 19.5. The van der Waals surface area contributed by atoms with Crippen molar-refractivity contribution in [2.75, 3.05) is 0 Å². The van der Waals surface area contributed by atoms with Gasteiger partial charge in [0.1, 0.15) is 0 Å². The fourth-order valence-electron chi connectivity index (χ4n) is 3.75. The summed E-state index contributed by atoms with van der Waals surface area (Å²) < 4.78 is 1.50. The van der Waals surface area contributed by atoms with Crippen LogP contribution in [0.1, 0.15) is 53.5 Å². The maximum Gasteiger partial charge on any atom is 0.327 e. The van der Waals surface area contributed by atoms with Gasteiger partial charge in [0.15, 0.2) is 0 Å². The van der Waals surface area contributed by atoms with E-state index in [2.05, 4.69) is 0 Å². The number of unbranched alkanes of at least 4 members (excludes halogenated alkanes) is 1. The molecule has 2 heterocycles. The minimum Gasteiger partial charge on any atom is -0.480 e. The van der Waals surface area contributed by atoms with Crippen molar-refractivity contribution in [2.24, 2.45) is 0 Å². The molecule has 142 valence electrons. The van der Waals surface area contributed by atoms with E-state index in [4.69, 9.17) is 11.6 Å². The van der Waals surface area contributed by atoms with E-state index in [1.807, 2.05) is 6.92 Å². The van der Waals surface area contributed by atoms with Gasteiger partial charge in [0.25, 0.3) is 0 Å². The van der Waals surface area contributed by atoms with E-state index in [0.29, 0.717) is 23.2 Å². The first-order valence-electron chi connectivity index (χ1n) is 8.84. The van der Waals surface area contributed by atoms with Crippen molar-refractivity contribution in [1.82, 2.24) is 4.57 Å². The maximum absolute atomic E-state index is 13.2. The Morgan fingerprint density at radius 1 is 1.15 bits per heavy atom. The second kappa shape index (κ2) is 7.19. The van der Waals surface area contributed by atoms with Gasteiger partial charge in [-0.25, -0.2) is 0 Å². The monoisotopic (exact) mass is 389 g/mol. The van der Waals surface area contributed by atoms with Crippen LogP contribution < -0.4 is 0 Å². The Kier molecular flexibility index (Phi) is 5.11. The topological polar surface area (TPSA) is 96.6 Å². The number of halogens is 1. The Labute approximate surface area is 161 Å². The van der Waals surface area contributed by atoms with E-state index in [0.717, 1.165) is 12.8 Å². The second-order valence-electron chi connectivity index (χ2n) is 6.71. The summed E-state index contributed by atoms with van der Waals surface area (Å²) in [6, 6.07) is 8.64. The van der Waals surface area contributed by atoms with Crippen molar-refractivity contribution in [3.63, 3.8) is 0 Å². The van der Waals surface area contributed by atoms with Crippen molar-refractivity contribution in [3.05, 3.63) is 57.9 Å². The van der Waals surface area contributed by atoms with Crippen molar-refractivity contribution < 1.29 is 24.6 Å². The van der Waals surface area contributed by atoms with Crippen LogP contribution >= 0.6 is 11.6 Å². The van der Waals surface area contributed by atoms with Crippen LogP contribution in [0.15, 0.2) is 30.3 Å². The van der Waals surface area contributed by atoms with Gasteiger partial charge in [-0.1, -0.05) is 55.3 Å². The summed E-state index contributed by atoms with van der Waals surface area (Å²) in [6.07, 6.45) is 1.96. The predicted octanol–water partition coefficient (Wildman–Crippen LogP) is 3.53. The van der Waals surface area contributed by atoms with Gasteiger partial charge in [-0.15, -0.1) is 0 Å². The fraction of sp³-hybridized carbons (Fsp3) is 0.350. The first-order chi connectivity index (χ1) is 12.9. The molecule has 1 aromatic carbocycles. The first-order valence-corrected chi connectivity index (χ1v) is 9.21. The number of rotatable bonds is 7. The van der Waals surface area contributed by atoms with Crippen LogP contribution in [0.3, 0.4) is 0 Å². The molecule has 0 radical (unpaired) electrons. The molecule has 0 amide bonds. The molecule has 0 saturated carbocycles. The SMILES string of the molecule is CCCCc1c(Cl)c2n(c1C(=O)c1ccccc1)CCC2(C(=O)O)C(=O)O. The van der Waals surface area contributed by atoms with Gasteiger partial charge in [-0.2, -0.15) is 0 Å². The molecule has 27 heavy (non-hydrogen) atoms. The molecule has 0 aliphatic carbocycles. The Hall–Kier alpha value is -2.60. The zero-order valence-electron chi connectivity index (χ0n) is 14.9. The molecule has 1 aromatic heterocycles. The zero-order valence-corrected chi connectivity index (χ0v) is 15.6. The Morgan fingerprint density at radius 2 is 1.78 bits per heavy atom. The van der Waals surface area contributed by atoms with Crippen LogP contribution in [0, 0.1) is 0 Å². The van der Waals surface area contributed by atoms with Gasteiger partial charge < -0.3 is 14.8 Å². The van der Waals surface area contributed by atoms with Crippen molar-refractivity contribution in [3.8, 4) is 0 Å². The molecule has 0 atom stereocenters. The Balaban J connectivity index is 2.26. The lowest BCUT2D eigenvalue weighted by Gasteiger charge is -2.18. The molecule has 2 aromatic rings. The number of nitrogens with zero attached hydrogens (tertiary/aromatic N) is 1. The number of benzene rings is 1. The number of fused-ring (bicyclic) bond motifs is 1. The normalized spacial score (nSPS) is 14.7. The largest absolute Gasteiger partial charge is 0.480 e. The summed E-state index contributed by atoms with van der Waals surface area (Å²) in [5.74, 6) is -3.20. The quantitative estimate of drug-likeness (QED) is 0.557. The van der Waals surface area contributed by atoms with Gasteiger partial charge in [-0.05, 0) is 19.3 Å². The number of ketones is 1. The van der Waals surface area contributed by atoms with Crippen LogP contribution in [0.2, 0.25) is 5.02 Å². The van der Waals surface area contributed by atoms with Crippen LogP contribution in [0.5, 0.6) is 0 Å². The van der Waals surface area contributed by atoms with E-state index in [-0.39, 0.29) is 29.5 Å². The zero-order chi connectivity index (χ0) is 19.8. The smallest absolute Gasteiger partial charge is 0.327 e. The molecule has 1 aliphatic rings. The van der Waals surface area contributed by atoms with E-state index >= 15 is 0 Å². The van der Waals surface area contributed by atoms with Crippen LogP contribution in [-0.2, 0) is 28.0 Å². The summed E-state index contributed by atoms with van der Waals surface area (Å²) in [5.41, 5.74) is -0.828. The van der Waals surface area contributed by atoms with Crippen LogP contribution in [-0.4, -0.2) is 32.5 Å². The number of aliphatic carboxylic acids is 2. The third kappa shape index (κ3) is 2.84. The van der Waals surface area contributed by atoms with Gasteiger partial charge in [-0.3, -0.25) is 14.4 Å². The van der Waals surface area contributed by atoms with E-state index in [1.165, 1.54) is 4.57 Å². The van der Waals surface area contributed by atoms with Crippen LogP contribution in [0.25, 0.3) is 0 Å². The summed E-state index contributed by atoms with van der Waals surface area (Å²) >= 11 is 6.51. The molecular weight excluding hydrogens is 370 g/mol. The molecule has 0 unspecified atom stereocenters. The van der Waals surface area contributed by atoms with Crippen molar-refractivity contribution in [2.45, 2.75) is 44.6 Å². The number of aromatic nitrogens is 1. The average molecular weight is 390 g/mol. The molecular formula is C20H20ClNO5. The number of hydrogen-bond donors (Lipinski definition) is 2. The minimum absolute atomic E-state index is 0.00884. The minimum atomic E-state index is -2.13. The molecule has 1 aliphatic heterocycles. The number of carbonyl (C=O) groups excluding carboxylic acids is 1. The predicted molar refractivity (Wildman–Crippen MR) is 99.5 cm³/mol. The third-order valence-corrected chi connectivity index (χ3v) is 5.58. The van der Waals surface area contributed by atoms with Crippen LogP contribution in [0.4, 0.5) is 0 Å². The summed E-state index contributed by atoms with van der Waals surface area (Å²) in [4.78, 5) is 37.0. The lowest BCUT2D eigenvalue weighted by atomic mass is 9.83.